The summed E-state index contributed by atoms with van der Waals surface area (Å²) in [4.78, 5) is 26.4. The Kier molecular flexibility index (Phi) is 5.00. The Balaban J connectivity index is 1.50. The predicted molar refractivity (Wildman–Crippen MR) is 122 cm³/mol. The van der Waals surface area contributed by atoms with Crippen LogP contribution in [0.15, 0.2) is 36.4 Å². The van der Waals surface area contributed by atoms with Crippen molar-refractivity contribution in [2.45, 2.75) is 44.4 Å². The Morgan fingerprint density at radius 1 is 1.11 bits per heavy atom. The monoisotopic (exact) mass is 478 g/mol. The number of amides is 2. The lowest BCUT2D eigenvalue weighted by Gasteiger charge is -2.29. The number of hydrogen-bond acceptors (Lipinski definition) is 4. The van der Waals surface area contributed by atoms with Crippen LogP contribution in [0, 0.1) is 17.6 Å². The number of hydrogen-bond donors (Lipinski definition) is 2. The summed E-state index contributed by atoms with van der Waals surface area (Å²) in [6.07, 6.45) is 1.36. The fourth-order valence-corrected chi connectivity index (χ4v) is 5.43. The van der Waals surface area contributed by atoms with Gasteiger partial charge in [0.1, 0.15) is 17.7 Å². The van der Waals surface area contributed by atoms with E-state index in [0.29, 0.717) is 41.9 Å². The lowest BCUT2D eigenvalue weighted by Crippen LogP contribution is -2.38. The summed E-state index contributed by atoms with van der Waals surface area (Å²) in [6.45, 7) is 0.843. The summed E-state index contributed by atoms with van der Waals surface area (Å²) in [5.41, 5.74) is 9.29. The van der Waals surface area contributed by atoms with Gasteiger partial charge in [0.05, 0.1) is 11.8 Å². The molecule has 1 saturated carbocycles. The van der Waals surface area contributed by atoms with Crippen molar-refractivity contribution in [1.29, 1.82) is 0 Å². The van der Waals surface area contributed by atoms with E-state index in [1.54, 1.807) is 28.9 Å². The van der Waals surface area contributed by atoms with E-state index in [-0.39, 0.29) is 23.8 Å². The highest BCUT2D eigenvalue weighted by molar-refractivity contribution is 5.94. The van der Waals surface area contributed by atoms with Crippen LogP contribution in [0.2, 0.25) is 0 Å². The Labute approximate surface area is 200 Å². The quantitative estimate of drug-likeness (QED) is 0.602. The lowest BCUT2D eigenvalue weighted by atomic mass is 9.98. The molecular weight excluding hydrogens is 454 g/mol. The molecule has 180 valence electrons. The van der Waals surface area contributed by atoms with Crippen molar-refractivity contribution in [2.24, 2.45) is 11.7 Å². The van der Waals surface area contributed by atoms with Gasteiger partial charge >= 0.3 is 0 Å². The Hall–Kier alpha value is -3.59. The molecule has 2 atom stereocenters. The first-order valence-electron chi connectivity index (χ1n) is 11.8. The molecule has 2 aromatic carbocycles. The second kappa shape index (κ2) is 7.98. The minimum atomic E-state index is -0.985. The lowest BCUT2D eigenvalue weighted by molar-refractivity contribution is -0.133. The molecule has 0 radical (unpaired) electrons. The molecule has 3 aromatic rings. The predicted octanol–water partition coefficient (Wildman–Crippen LogP) is 2.73. The van der Waals surface area contributed by atoms with Crippen LogP contribution in [0.25, 0.3) is 11.3 Å². The highest BCUT2D eigenvalue weighted by atomic mass is 19.1. The molecule has 0 saturated heterocycles. The zero-order valence-electron chi connectivity index (χ0n) is 18.9. The molecule has 9 heteroatoms. The minimum Gasteiger partial charge on any atom is -0.390 e. The van der Waals surface area contributed by atoms with Gasteiger partial charge in [0.15, 0.2) is 0 Å². The van der Waals surface area contributed by atoms with E-state index in [1.165, 1.54) is 6.07 Å². The number of benzene rings is 2. The Morgan fingerprint density at radius 2 is 1.91 bits per heavy atom. The van der Waals surface area contributed by atoms with Crippen molar-refractivity contribution in [3.63, 3.8) is 0 Å². The van der Waals surface area contributed by atoms with Gasteiger partial charge in [-0.1, -0.05) is 12.1 Å². The van der Waals surface area contributed by atoms with Crippen molar-refractivity contribution in [3.8, 4) is 11.3 Å². The van der Waals surface area contributed by atoms with E-state index >= 15 is 0 Å². The van der Waals surface area contributed by atoms with Gasteiger partial charge in [-0.3, -0.25) is 14.3 Å². The molecule has 1 aromatic heterocycles. The molecular formula is C26H24F2N4O3. The van der Waals surface area contributed by atoms with E-state index in [1.807, 2.05) is 4.90 Å². The maximum atomic E-state index is 14.5. The first-order valence-corrected chi connectivity index (χ1v) is 11.8. The zero-order valence-corrected chi connectivity index (χ0v) is 18.9. The van der Waals surface area contributed by atoms with Gasteiger partial charge in [-0.15, -0.1) is 0 Å². The van der Waals surface area contributed by atoms with E-state index in [9.17, 15) is 23.5 Å². The first kappa shape index (κ1) is 21.9. The molecule has 1 fully saturated rings. The third kappa shape index (κ3) is 3.61. The van der Waals surface area contributed by atoms with Gasteiger partial charge in [-0.2, -0.15) is 5.10 Å². The SMILES string of the molecule is NC(=O)c1cccc(-c2nn(C3c4cc(F)cc(F)c4CC3O)c3c2CN(C(=O)C2CC2)CC3)c1. The number of carbonyl (C=O) groups is 2. The van der Waals surface area contributed by atoms with E-state index in [4.69, 9.17) is 10.8 Å². The number of aliphatic hydroxyl groups is 1. The smallest absolute Gasteiger partial charge is 0.248 e. The number of fused-ring (bicyclic) bond motifs is 2. The largest absolute Gasteiger partial charge is 0.390 e. The number of carbonyl (C=O) groups excluding carboxylic acids is 2. The van der Waals surface area contributed by atoms with Crippen LogP contribution in [0.3, 0.4) is 0 Å². The molecule has 2 heterocycles. The fourth-order valence-electron chi connectivity index (χ4n) is 5.43. The minimum absolute atomic E-state index is 0.0551. The van der Waals surface area contributed by atoms with Crippen molar-refractivity contribution >= 4 is 11.8 Å². The van der Waals surface area contributed by atoms with Crippen molar-refractivity contribution < 1.29 is 23.5 Å². The average molecular weight is 478 g/mol. The van der Waals surface area contributed by atoms with E-state index in [0.717, 1.165) is 30.2 Å². The second-order valence-electron chi connectivity index (χ2n) is 9.62. The van der Waals surface area contributed by atoms with E-state index in [2.05, 4.69) is 0 Å². The average Bonchev–Trinajstić information content (AvgIpc) is 3.55. The van der Waals surface area contributed by atoms with Crippen LogP contribution in [0.1, 0.15) is 51.6 Å². The van der Waals surface area contributed by atoms with Crippen LogP contribution < -0.4 is 5.73 Å². The molecule has 1 aliphatic heterocycles. The molecule has 35 heavy (non-hydrogen) atoms. The van der Waals surface area contributed by atoms with Crippen molar-refractivity contribution in [3.05, 3.63) is 76.0 Å². The number of primary amides is 1. The van der Waals surface area contributed by atoms with Gasteiger partial charge < -0.3 is 15.7 Å². The van der Waals surface area contributed by atoms with Crippen LogP contribution >= 0.6 is 0 Å². The van der Waals surface area contributed by atoms with E-state index < -0.39 is 29.7 Å². The van der Waals surface area contributed by atoms with Crippen LogP contribution in [0.4, 0.5) is 8.78 Å². The second-order valence-corrected chi connectivity index (χ2v) is 9.62. The summed E-state index contributed by atoms with van der Waals surface area (Å²) in [5.74, 6) is -1.77. The normalized spacial score (nSPS) is 21.1. The highest BCUT2D eigenvalue weighted by Gasteiger charge is 2.41. The number of halogens is 2. The maximum absolute atomic E-state index is 14.5. The van der Waals surface area contributed by atoms with Gasteiger partial charge in [0.2, 0.25) is 11.8 Å². The van der Waals surface area contributed by atoms with Gasteiger partial charge in [0, 0.05) is 60.3 Å². The number of rotatable bonds is 4. The highest BCUT2D eigenvalue weighted by Crippen LogP contribution is 2.41. The molecule has 2 amide bonds. The third-order valence-corrected chi connectivity index (χ3v) is 7.30. The van der Waals surface area contributed by atoms with Gasteiger partial charge in [-0.05, 0) is 42.2 Å². The Morgan fingerprint density at radius 3 is 2.66 bits per heavy atom. The molecule has 3 aliphatic rings. The standard InChI is InChI=1S/C26H24F2N4O3/c27-16-9-18-17(20(28)10-16)11-22(33)24(18)32-21-6-7-31(26(35)13-4-5-13)12-19(21)23(30-32)14-2-1-3-15(8-14)25(29)34/h1-3,8-10,13,22,24,33H,4-7,11-12H2,(H2,29,34). The van der Waals surface area contributed by atoms with Crippen LogP contribution in [-0.4, -0.2) is 44.3 Å². The number of aliphatic hydroxyl groups excluding tert-OH is 1. The number of nitrogens with two attached hydrogens (primary N) is 1. The van der Waals surface area contributed by atoms with Crippen LogP contribution in [-0.2, 0) is 24.2 Å². The molecule has 2 aliphatic carbocycles. The summed E-state index contributed by atoms with van der Waals surface area (Å²) in [5, 5.41) is 15.8. The summed E-state index contributed by atoms with van der Waals surface area (Å²) >= 11 is 0. The van der Waals surface area contributed by atoms with Gasteiger partial charge in [0.25, 0.3) is 0 Å². The fraction of sp³-hybridized carbons (Fsp3) is 0.346. The maximum Gasteiger partial charge on any atom is 0.248 e. The molecule has 7 nitrogen and oxygen atoms in total. The zero-order chi connectivity index (χ0) is 24.4. The number of nitrogens with zero attached hydrogens (tertiary/aromatic N) is 3. The molecule has 3 N–H and O–H groups in total. The van der Waals surface area contributed by atoms with Crippen molar-refractivity contribution in [2.75, 3.05) is 6.54 Å². The summed E-state index contributed by atoms with van der Waals surface area (Å²) in [6, 6.07) is 8.10. The Bertz CT molecular complexity index is 1380. The molecule has 2 unspecified atom stereocenters. The number of aromatic nitrogens is 2. The summed E-state index contributed by atoms with van der Waals surface area (Å²) in [7, 11) is 0. The molecule has 0 bridgehead atoms. The summed E-state index contributed by atoms with van der Waals surface area (Å²) < 4.78 is 30.3. The first-order chi connectivity index (χ1) is 16.8. The molecule has 0 spiro atoms. The van der Waals surface area contributed by atoms with Gasteiger partial charge in [-0.25, -0.2) is 8.78 Å². The molecule has 6 rings (SSSR count). The van der Waals surface area contributed by atoms with Crippen molar-refractivity contribution in [1.82, 2.24) is 14.7 Å². The van der Waals surface area contributed by atoms with Crippen LogP contribution in [0.5, 0.6) is 0 Å². The topological polar surface area (TPSA) is 101 Å². The third-order valence-electron chi connectivity index (χ3n) is 7.30.